The lowest BCUT2D eigenvalue weighted by molar-refractivity contribution is 0.0943. The number of piperazine rings is 1. The zero-order chi connectivity index (χ0) is 20.9. The van der Waals surface area contributed by atoms with Crippen molar-refractivity contribution in [2.75, 3.05) is 44.2 Å². The Morgan fingerprint density at radius 3 is 2.60 bits per heavy atom. The molecule has 8 heteroatoms. The van der Waals surface area contributed by atoms with Gasteiger partial charge in [-0.15, -0.1) is 0 Å². The van der Waals surface area contributed by atoms with Crippen molar-refractivity contribution in [2.45, 2.75) is 0 Å². The van der Waals surface area contributed by atoms with Gasteiger partial charge in [-0.05, 0) is 42.5 Å². The molecule has 0 spiro atoms. The lowest BCUT2D eigenvalue weighted by atomic mass is 10.1. The maximum atomic E-state index is 13.1. The summed E-state index contributed by atoms with van der Waals surface area (Å²) in [6, 6.07) is 15.7. The monoisotopic (exact) mass is 427 g/mol. The van der Waals surface area contributed by atoms with Crippen LogP contribution < -0.4 is 10.2 Å². The van der Waals surface area contributed by atoms with Crippen molar-refractivity contribution in [3.05, 3.63) is 71.1 Å². The summed E-state index contributed by atoms with van der Waals surface area (Å²) < 4.78 is 13.1. The standard InChI is InChI=1S/C22H23ClFN5O/c23-17-3-1-2-16(14-17)20-15-21(27-26-20)22(30)25-8-9-28-10-12-29(13-11-28)19-6-4-18(24)5-7-19/h1-7,14-15H,8-13H2,(H,25,30)(H,26,27). The summed E-state index contributed by atoms with van der Waals surface area (Å²) in [4.78, 5) is 17.0. The van der Waals surface area contributed by atoms with Crippen LogP contribution in [0.1, 0.15) is 10.5 Å². The van der Waals surface area contributed by atoms with Crippen LogP contribution >= 0.6 is 11.6 Å². The van der Waals surface area contributed by atoms with E-state index in [2.05, 4.69) is 25.3 Å². The molecule has 1 aliphatic rings. The second kappa shape index (κ2) is 9.28. The van der Waals surface area contributed by atoms with Gasteiger partial charge >= 0.3 is 0 Å². The number of aromatic amines is 1. The number of aromatic nitrogens is 2. The first-order chi connectivity index (χ1) is 14.6. The average molecular weight is 428 g/mol. The van der Waals surface area contributed by atoms with Gasteiger partial charge in [0.05, 0.1) is 5.69 Å². The van der Waals surface area contributed by atoms with Crippen molar-refractivity contribution in [3.63, 3.8) is 0 Å². The minimum Gasteiger partial charge on any atom is -0.369 e. The number of hydrogen-bond acceptors (Lipinski definition) is 4. The van der Waals surface area contributed by atoms with Crippen molar-refractivity contribution in [3.8, 4) is 11.3 Å². The number of nitrogens with one attached hydrogen (secondary N) is 2. The summed E-state index contributed by atoms with van der Waals surface area (Å²) >= 11 is 6.02. The third-order valence-electron chi connectivity index (χ3n) is 5.22. The molecule has 1 saturated heterocycles. The zero-order valence-electron chi connectivity index (χ0n) is 16.4. The molecule has 4 rings (SSSR count). The van der Waals surface area contributed by atoms with E-state index in [0.29, 0.717) is 23.0 Å². The zero-order valence-corrected chi connectivity index (χ0v) is 17.2. The summed E-state index contributed by atoms with van der Waals surface area (Å²) in [5.41, 5.74) is 3.00. The number of amides is 1. The van der Waals surface area contributed by atoms with Crippen molar-refractivity contribution < 1.29 is 9.18 Å². The Morgan fingerprint density at radius 2 is 1.87 bits per heavy atom. The highest BCUT2D eigenvalue weighted by molar-refractivity contribution is 6.30. The topological polar surface area (TPSA) is 64.3 Å². The first kappa shape index (κ1) is 20.4. The summed E-state index contributed by atoms with van der Waals surface area (Å²) in [6.07, 6.45) is 0. The number of hydrogen-bond donors (Lipinski definition) is 2. The maximum Gasteiger partial charge on any atom is 0.269 e. The highest BCUT2D eigenvalue weighted by Gasteiger charge is 2.17. The van der Waals surface area contributed by atoms with Crippen LogP contribution in [-0.4, -0.2) is 60.3 Å². The predicted molar refractivity (Wildman–Crippen MR) is 116 cm³/mol. The van der Waals surface area contributed by atoms with Gasteiger partial charge in [0, 0.05) is 55.5 Å². The molecule has 6 nitrogen and oxygen atoms in total. The number of nitrogens with zero attached hydrogens (tertiary/aromatic N) is 3. The SMILES string of the molecule is O=C(NCCN1CCN(c2ccc(F)cc2)CC1)c1cc(-c2cccc(Cl)c2)n[nH]1. The van der Waals surface area contributed by atoms with E-state index < -0.39 is 0 Å². The Labute approximate surface area is 179 Å². The number of H-pyrrole nitrogens is 1. The molecule has 0 radical (unpaired) electrons. The lowest BCUT2D eigenvalue weighted by Gasteiger charge is -2.36. The molecular formula is C22H23ClFN5O. The normalized spacial score (nSPS) is 14.7. The van der Waals surface area contributed by atoms with E-state index in [1.54, 1.807) is 12.1 Å². The number of halogens is 2. The van der Waals surface area contributed by atoms with Crippen LogP contribution in [-0.2, 0) is 0 Å². The molecule has 0 unspecified atom stereocenters. The molecule has 1 amide bonds. The quantitative estimate of drug-likeness (QED) is 0.632. The molecule has 0 saturated carbocycles. The molecule has 30 heavy (non-hydrogen) atoms. The van der Waals surface area contributed by atoms with E-state index in [9.17, 15) is 9.18 Å². The van der Waals surface area contributed by atoms with E-state index in [1.807, 2.05) is 30.3 Å². The van der Waals surface area contributed by atoms with E-state index in [4.69, 9.17) is 11.6 Å². The molecule has 2 aromatic carbocycles. The molecule has 1 aromatic heterocycles. The lowest BCUT2D eigenvalue weighted by Crippen LogP contribution is -2.48. The number of carbonyl (C=O) groups excluding carboxylic acids is 1. The minimum absolute atomic E-state index is 0.180. The molecule has 2 N–H and O–H groups in total. The third-order valence-corrected chi connectivity index (χ3v) is 5.46. The minimum atomic E-state index is -0.218. The van der Waals surface area contributed by atoms with Crippen molar-refractivity contribution in [1.82, 2.24) is 20.4 Å². The summed E-state index contributed by atoms with van der Waals surface area (Å²) in [6.45, 7) is 4.89. The molecule has 3 aromatic rings. The Balaban J connectivity index is 1.22. The van der Waals surface area contributed by atoms with Gasteiger partial charge in [-0.3, -0.25) is 14.8 Å². The number of rotatable bonds is 6. The van der Waals surface area contributed by atoms with Crippen LogP contribution in [0.3, 0.4) is 0 Å². The van der Waals surface area contributed by atoms with Gasteiger partial charge in [-0.1, -0.05) is 23.7 Å². The maximum absolute atomic E-state index is 13.1. The molecular weight excluding hydrogens is 405 g/mol. The van der Waals surface area contributed by atoms with Crippen molar-refractivity contribution in [1.29, 1.82) is 0 Å². The molecule has 156 valence electrons. The van der Waals surface area contributed by atoms with Gasteiger partial charge in [0.15, 0.2) is 0 Å². The van der Waals surface area contributed by atoms with Gasteiger partial charge in [0.2, 0.25) is 0 Å². The highest BCUT2D eigenvalue weighted by atomic mass is 35.5. The van der Waals surface area contributed by atoms with Gasteiger partial charge in [0.1, 0.15) is 11.5 Å². The van der Waals surface area contributed by atoms with Gasteiger partial charge < -0.3 is 10.2 Å². The number of benzene rings is 2. The van der Waals surface area contributed by atoms with E-state index in [1.165, 1.54) is 12.1 Å². The Morgan fingerprint density at radius 1 is 1.10 bits per heavy atom. The first-order valence-electron chi connectivity index (χ1n) is 9.91. The Bertz CT molecular complexity index is 999. The second-order valence-corrected chi connectivity index (χ2v) is 7.67. The second-order valence-electron chi connectivity index (χ2n) is 7.24. The van der Waals surface area contributed by atoms with E-state index in [-0.39, 0.29) is 11.7 Å². The fourth-order valence-electron chi connectivity index (χ4n) is 3.54. The van der Waals surface area contributed by atoms with Crippen molar-refractivity contribution in [2.24, 2.45) is 0 Å². The molecule has 1 aliphatic heterocycles. The Hall–Kier alpha value is -2.90. The van der Waals surface area contributed by atoms with Crippen LogP contribution in [0.4, 0.5) is 10.1 Å². The number of carbonyl (C=O) groups is 1. The van der Waals surface area contributed by atoms with Crippen LogP contribution in [0.5, 0.6) is 0 Å². The van der Waals surface area contributed by atoms with Gasteiger partial charge in [-0.25, -0.2) is 4.39 Å². The molecule has 0 aliphatic carbocycles. The fraction of sp³-hybridized carbons (Fsp3) is 0.273. The highest BCUT2D eigenvalue weighted by Crippen LogP contribution is 2.21. The molecule has 2 heterocycles. The first-order valence-corrected chi connectivity index (χ1v) is 10.3. The predicted octanol–water partition coefficient (Wildman–Crippen LogP) is 3.42. The summed E-state index contributed by atoms with van der Waals surface area (Å²) in [5.74, 6) is -0.397. The summed E-state index contributed by atoms with van der Waals surface area (Å²) in [5, 5.41) is 10.6. The van der Waals surface area contributed by atoms with Crippen LogP contribution in [0, 0.1) is 5.82 Å². The summed E-state index contributed by atoms with van der Waals surface area (Å²) in [7, 11) is 0. The molecule has 1 fully saturated rings. The Kier molecular flexibility index (Phi) is 6.30. The van der Waals surface area contributed by atoms with E-state index in [0.717, 1.165) is 44.0 Å². The van der Waals surface area contributed by atoms with E-state index >= 15 is 0 Å². The van der Waals surface area contributed by atoms with Crippen LogP contribution in [0.25, 0.3) is 11.3 Å². The van der Waals surface area contributed by atoms with Crippen LogP contribution in [0.2, 0.25) is 5.02 Å². The third kappa shape index (κ3) is 4.98. The van der Waals surface area contributed by atoms with Gasteiger partial charge in [0.25, 0.3) is 5.91 Å². The van der Waals surface area contributed by atoms with Gasteiger partial charge in [-0.2, -0.15) is 5.10 Å². The number of anilines is 1. The van der Waals surface area contributed by atoms with Crippen molar-refractivity contribution >= 4 is 23.2 Å². The average Bonchev–Trinajstić information content (AvgIpc) is 3.25. The molecule has 0 bridgehead atoms. The molecule has 0 atom stereocenters. The van der Waals surface area contributed by atoms with Crippen LogP contribution in [0.15, 0.2) is 54.6 Å². The largest absolute Gasteiger partial charge is 0.369 e. The fourth-order valence-corrected chi connectivity index (χ4v) is 3.73. The smallest absolute Gasteiger partial charge is 0.269 e.